The number of aromatic carboxylic acids is 1. The average Bonchev–Trinajstić information content (AvgIpc) is 2.91. The van der Waals surface area contributed by atoms with Crippen LogP contribution in [0.5, 0.6) is 0 Å². The predicted molar refractivity (Wildman–Crippen MR) is 78.7 cm³/mol. The molecule has 0 saturated carbocycles. The number of amides is 1. The van der Waals surface area contributed by atoms with Crippen LogP contribution in [0.15, 0.2) is 36.5 Å². The summed E-state index contributed by atoms with van der Waals surface area (Å²) in [4.78, 5) is 22.8. The molecule has 4 N–H and O–H groups in total. The number of carboxylic acid groups (broad SMARTS) is 1. The zero-order valence-electron chi connectivity index (χ0n) is 11.5. The molecule has 2 rings (SSSR count). The van der Waals surface area contributed by atoms with Crippen LogP contribution in [0.2, 0.25) is 0 Å². The largest absolute Gasteiger partial charge is 0.477 e. The predicted octanol–water partition coefficient (Wildman–Crippen LogP) is 0.265. The van der Waals surface area contributed by atoms with Crippen LogP contribution in [0.3, 0.4) is 0 Å². The van der Waals surface area contributed by atoms with Crippen molar-refractivity contribution in [1.29, 1.82) is 0 Å². The SMILES string of the molecule is CNC(=O)c1ccc(-c2ccn(S(N)(=O)=O)c2C(=O)O)cc1. The molecule has 0 unspecified atom stereocenters. The molecule has 1 heterocycles. The van der Waals surface area contributed by atoms with Crippen LogP contribution < -0.4 is 10.5 Å². The highest BCUT2D eigenvalue weighted by Crippen LogP contribution is 2.26. The van der Waals surface area contributed by atoms with E-state index in [2.05, 4.69) is 5.32 Å². The number of carbonyl (C=O) groups excluding carboxylic acids is 1. The third kappa shape index (κ3) is 2.85. The van der Waals surface area contributed by atoms with E-state index in [1.807, 2.05) is 0 Å². The minimum atomic E-state index is -4.22. The molecule has 0 aliphatic carbocycles. The molecular formula is C13H13N3O5S. The van der Waals surface area contributed by atoms with Crippen molar-refractivity contribution >= 4 is 22.1 Å². The summed E-state index contributed by atoms with van der Waals surface area (Å²) in [5, 5.41) is 16.7. The highest BCUT2D eigenvalue weighted by atomic mass is 32.2. The maximum Gasteiger partial charge on any atom is 0.354 e. The fourth-order valence-corrected chi connectivity index (χ4v) is 2.68. The number of nitrogens with one attached hydrogen (secondary N) is 1. The number of nitrogens with zero attached hydrogens (tertiary/aromatic N) is 1. The van der Waals surface area contributed by atoms with Gasteiger partial charge in [-0.25, -0.2) is 13.9 Å². The summed E-state index contributed by atoms with van der Waals surface area (Å²) < 4.78 is 23.3. The van der Waals surface area contributed by atoms with Crippen molar-refractivity contribution in [3.63, 3.8) is 0 Å². The van der Waals surface area contributed by atoms with E-state index >= 15 is 0 Å². The molecule has 1 aromatic carbocycles. The molecule has 8 nitrogen and oxygen atoms in total. The molecule has 0 fully saturated rings. The maximum atomic E-state index is 11.5. The van der Waals surface area contributed by atoms with E-state index in [-0.39, 0.29) is 11.5 Å². The molecule has 0 bridgehead atoms. The number of hydrogen-bond donors (Lipinski definition) is 3. The quantitative estimate of drug-likeness (QED) is 0.743. The lowest BCUT2D eigenvalue weighted by atomic mass is 10.0. The number of aromatic nitrogens is 1. The molecule has 0 aliphatic heterocycles. The van der Waals surface area contributed by atoms with E-state index in [1.54, 1.807) is 0 Å². The van der Waals surface area contributed by atoms with Gasteiger partial charge in [0.25, 0.3) is 5.91 Å². The lowest BCUT2D eigenvalue weighted by Crippen LogP contribution is -2.24. The Hall–Kier alpha value is -2.65. The van der Waals surface area contributed by atoms with Crippen molar-refractivity contribution in [2.24, 2.45) is 5.14 Å². The van der Waals surface area contributed by atoms with Crippen LogP contribution in [0.25, 0.3) is 11.1 Å². The van der Waals surface area contributed by atoms with Gasteiger partial charge in [0.1, 0.15) is 0 Å². The van der Waals surface area contributed by atoms with Crippen LogP contribution in [-0.2, 0) is 10.2 Å². The first-order valence-corrected chi connectivity index (χ1v) is 7.56. The van der Waals surface area contributed by atoms with Gasteiger partial charge in [-0.2, -0.15) is 8.42 Å². The summed E-state index contributed by atoms with van der Waals surface area (Å²) in [7, 11) is -2.73. The summed E-state index contributed by atoms with van der Waals surface area (Å²) >= 11 is 0. The van der Waals surface area contributed by atoms with Crippen molar-refractivity contribution in [3.8, 4) is 11.1 Å². The summed E-state index contributed by atoms with van der Waals surface area (Å²) in [6.07, 6.45) is 1.07. The van der Waals surface area contributed by atoms with Crippen LogP contribution in [0.1, 0.15) is 20.8 Å². The fourth-order valence-electron chi connectivity index (χ4n) is 2.01. The van der Waals surface area contributed by atoms with Crippen LogP contribution in [-0.4, -0.2) is 36.4 Å². The topological polar surface area (TPSA) is 131 Å². The van der Waals surface area contributed by atoms with E-state index in [4.69, 9.17) is 5.14 Å². The number of carbonyl (C=O) groups is 2. The number of benzene rings is 1. The van der Waals surface area contributed by atoms with Gasteiger partial charge in [0.05, 0.1) is 0 Å². The summed E-state index contributed by atoms with van der Waals surface area (Å²) in [6, 6.07) is 7.41. The van der Waals surface area contributed by atoms with Crippen molar-refractivity contribution in [2.75, 3.05) is 7.05 Å². The summed E-state index contributed by atoms with van der Waals surface area (Å²) in [5.41, 5.74) is 0.571. The van der Waals surface area contributed by atoms with E-state index in [9.17, 15) is 23.1 Å². The molecule has 0 aliphatic rings. The van der Waals surface area contributed by atoms with Gasteiger partial charge in [-0.05, 0) is 23.8 Å². The monoisotopic (exact) mass is 323 g/mol. The van der Waals surface area contributed by atoms with Gasteiger partial charge >= 0.3 is 16.2 Å². The van der Waals surface area contributed by atoms with Crippen LogP contribution >= 0.6 is 0 Å². The molecule has 0 atom stereocenters. The Balaban J connectivity index is 2.56. The number of hydrogen-bond acceptors (Lipinski definition) is 4. The Bertz CT molecular complexity index is 837. The Morgan fingerprint density at radius 1 is 1.18 bits per heavy atom. The molecule has 1 aromatic heterocycles. The van der Waals surface area contributed by atoms with Gasteiger partial charge in [-0.1, -0.05) is 12.1 Å². The van der Waals surface area contributed by atoms with Crippen molar-refractivity contribution < 1.29 is 23.1 Å². The minimum Gasteiger partial charge on any atom is -0.477 e. The summed E-state index contributed by atoms with van der Waals surface area (Å²) in [5.74, 6) is -1.71. The highest BCUT2D eigenvalue weighted by Gasteiger charge is 2.22. The number of nitrogens with two attached hydrogens (primary N) is 1. The van der Waals surface area contributed by atoms with E-state index in [0.717, 1.165) is 6.20 Å². The molecule has 0 saturated heterocycles. The molecule has 0 spiro atoms. The Morgan fingerprint density at radius 3 is 2.23 bits per heavy atom. The lowest BCUT2D eigenvalue weighted by molar-refractivity contribution is 0.0690. The third-order valence-electron chi connectivity index (χ3n) is 3.01. The van der Waals surface area contributed by atoms with Gasteiger partial charge in [0.2, 0.25) is 0 Å². The maximum absolute atomic E-state index is 11.5. The van der Waals surface area contributed by atoms with Gasteiger partial charge in [-0.15, -0.1) is 0 Å². The normalized spacial score (nSPS) is 11.2. The standard InChI is InChI=1S/C13H13N3O5S/c1-15-12(17)9-4-2-8(3-5-9)10-6-7-16(22(14,20)21)11(10)13(18)19/h2-7H,1H3,(H,15,17)(H,18,19)(H2,14,20,21). The van der Waals surface area contributed by atoms with Crippen molar-refractivity contribution in [2.45, 2.75) is 0 Å². The van der Waals surface area contributed by atoms with Crippen LogP contribution in [0, 0.1) is 0 Å². The first kappa shape index (κ1) is 15.7. The van der Waals surface area contributed by atoms with Gasteiger partial charge in [0, 0.05) is 24.4 Å². The van der Waals surface area contributed by atoms with Gasteiger partial charge in [0.15, 0.2) is 5.69 Å². The smallest absolute Gasteiger partial charge is 0.354 e. The van der Waals surface area contributed by atoms with Crippen LogP contribution in [0.4, 0.5) is 0 Å². The number of carboxylic acids is 1. The molecular weight excluding hydrogens is 310 g/mol. The first-order chi connectivity index (χ1) is 10.3. The Kier molecular flexibility index (Phi) is 4.02. The van der Waals surface area contributed by atoms with Gasteiger partial charge in [-0.3, -0.25) is 4.79 Å². The second-order valence-corrected chi connectivity index (χ2v) is 5.80. The Labute approximate surface area is 126 Å². The zero-order chi connectivity index (χ0) is 16.5. The second-order valence-electron chi connectivity index (χ2n) is 4.38. The molecule has 2 aromatic rings. The molecule has 9 heteroatoms. The average molecular weight is 323 g/mol. The second kappa shape index (κ2) is 5.62. The Morgan fingerprint density at radius 2 is 1.77 bits per heavy atom. The summed E-state index contributed by atoms with van der Waals surface area (Å²) in [6.45, 7) is 0. The molecule has 22 heavy (non-hydrogen) atoms. The fraction of sp³-hybridized carbons (Fsp3) is 0.0769. The van der Waals surface area contributed by atoms with E-state index in [1.165, 1.54) is 37.4 Å². The highest BCUT2D eigenvalue weighted by molar-refractivity contribution is 7.87. The lowest BCUT2D eigenvalue weighted by Gasteiger charge is -2.06. The van der Waals surface area contributed by atoms with Gasteiger partial charge < -0.3 is 10.4 Å². The minimum absolute atomic E-state index is 0.185. The number of rotatable bonds is 4. The third-order valence-corrected chi connectivity index (χ3v) is 3.87. The zero-order valence-corrected chi connectivity index (χ0v) is 12.3. The first-order valence-electron chi connectivity index (χ1n) is 6.06. The van der Waals surface area contributed by atoms with E-state index < -0.39 is 21.9 Å². The van der Waals surface area contributed by atoms with Crippen molar-refractivity contribution in [3.05, 3.63) is 47.8 Å². The van der Waals surface area contributed by atoms with E-state index in [0.29, 0.717) is 15.1 Å². The van der Waals surface area contributed by atoms with Crippen molar-refractivity contribution in [1.82, 2.24) is 9.29 Å². The molecule has 0 radical (unpaired) electrons. The molecule has 116 valence electrons. The molecule has 1 amide bonds.